The minimum Gasteiger partial charge on any atom is -0.371 e. The zero-order valence-electron chi connectivity index (χ0n) is 12.5. The van der Waals surface area contributed by atoms with E-state index in [1.54, 1.807) is 0 Å². The Hall–Kier alpha value is -1.54. The van der Waals surface area contributed by atoms with E-state index in [-0.39, 0.29) is 0 Å². The van der Waals surface area contributed by atoms with Crippen LogP contribution in [0.3, 0.4) is 0 Å². The molecule has 0 aromatic heterocycles. The van der Waals surface area contributed by atoms with Crippen LogP contribution < -0.4 is 10.2 Å². The summed E-state index contributed by atoms with van der Waals surface area (Å²) < 4.78 is 0. The highest BCUT2D eigenvalue weighted by Crippen LogP contribution is 2.23. The van der Waals surface area contributed by atoms with E-state index in [9.17, 15) is 0 Å². The molecule has 1 aliphatic heterocycles. The first-order chi connectivity index (χ1) is 9.72. The lowest BCUT2D eigenvalue weighted by atomic mass is 10.1. The Bertz CT molecular complexity index is 566. The van der Waals surface area contributed by atoms with Crippen LogP contribution in [0.2, 0.25) is 0 Å². The van der Waals surface area contributed by atoms with Gasteiger partial charge in [0, 0.05) is 30.9 Å². The number of hydrogen-bond acceptors (Lipinski definition) is 2. The Kier molecular flexibility index (Phi) is 3.93. The van der Waals surface area contributed by atoms with E-state index < -0.39 is 0 Å². The van der Waals surface area contributed by atoms with Crippen molar-refractivity contribution in [2.75, 3.05) is 18.0 Å². The smallest absolute Gasteiger partial charge is 0.0372 e. The van der Waals surface area contributed by atoms with Gasteiger partial charge in [0.15, 0.2) is 0 Å². The highest BCUT2D eigenvalue weighted by Gasteiger charge is 2.16. The van der Waals surface area contributed by atoms with Crippen LogP contribution in [0.15, 0.2) is 42.5 Å². The topological polar surface area (TPSA) is 15.3 Å². The molecule has 2 nitrogen and oxygen atoms in total. The van der Waals surface area contributed by atoms with Crippen molar-refractivity contribution in [2.45, 2.75) is 38.8 Å². The summed E-state index contributed by atoms with van der Waals surface area (Å²) in [6, 6.07) is 16.7. The van der Waals surface area contributed by atoms with Gasteiger partial charge in [0.1, 0.15) is 0 Å². The Morgan fingerprint density at radius 1 is 0.900 bits per heavy atom. The maximum atomic E-state index is 3.66. The van der Waals surface area contributed by atoms with Gasteiger partial charge < -0.3 is 10.2 Å². The summed E-state index contributed by atoms with van der Waals surface area (Å²) in [5.74, 6) is 0. The fourth-order valence-electron chi connectivity index (χ4n) is 3.09. The molecule has 0 bridgehead atoms. The van der Waals surface area contributed by atoms with Gasteiger partial charge >= 0.3 is 0 Å². The second kappa shape index (κ2) is 5.84. The normalized spacial score (nSPS) is 24.4. The first kappa shape index (κ1) is 13.4. The number of benzene rings is 2. The molecule has 0 amide bonds. The van der Waals surface area contributed by atoms with E-state index in [4.69, 9.17) is 0 Å². The van der Waals surface area contributed by atoms with Gasteiger partial charge in [-0.1, -0.05) is 30.3 Å². The van der Waals surface area contributed by atoms with Crippen LogP contribution in [-0.4, -0.2) is 25.2 Å². The van der Waals surface area contributed by atoms with Crippen LogP contribution in [0.5, 0.6) is 0 Å². The molecule has 0 spiro atoms. The van der Waals surface area contributed by atoms with Crippen LogP contribution in [0.1, 0.15) is 26.7 Å². The number of rotatable bonds is 1. The van der Waals surface area contributed by atoms with Crippen molar-refractivity contribution in [3.63, 3.8) is 0 Å². The maximum Gasteiger partial charge on any atom is 0.0372 e. The first-order valence-electron chi connectivity index (χ1n) is 7.72. The van der Waals surface area contributed by atoms with Gasteiger partial charge in [0.25, 0.3) is 0 Å². The zero-order valence-corrected chi connectivity index (χ0v) is 12.5. The van der Waals surface area contributed by atoms with Gasteiger partial charge in [0.05, 0.1) is 0 Å². The molecule has 0 saturated carbocycles. The predicted octanol–water partition coefficient (Wildman–Crippen LogP) is 3.81. The van der Waals surface area contributed by atoms with Crippen molar-refractivity contribution in [2.24, 2.45) is 0 Å². The lowest BCUT2D eigenvalue weighted by Crippen LogP contribution is -2.43. The molecule has 0 aliphatic carbocycles. The molecule has 106 valence electrons. The molecular formula is C18H24N2. The number of anilines is 1. The first-order valence-corrected chi connectivity index (χ1v) is 7.72. The highest BCUT2D eigenvalue weighted by molar-refractivity contribution is 5.85. The maximum absolute atomic E-state index is 3.66. The molecule has 2 unspecified atom stereocenters. The Balaban J connectivity index is 1.84. The standard InChI is InChI=1S/C18H24N2/c1-14-9-11-20(12-10-15(2)19-14)18-8-7-16-5-3-4-6-17(16)13-18/h3-8,13-15,19H,9-12H2,1-2H3. The van der Waals surface area contributed by atoms with E-state index in [1.807, 2.05) is 0 Å². The van der Waals surface area contributed by atoms with Crippen LogP contribution in [0.4, 0.5) is 5.69 Å². The van der Waals surface area contributed by atoms with Gasteiger partial charge in [-0.05, 0) is 49.6 Å². The second-order valence-electron chi connectivity index (χ2n) is 6.06. The fraction of sp³-hybridized carbons (Fsp3) is 0.444. The fourth-order valence-corrected chi connectivity index (χ4v) is 3.09. The van der Waals surface area contributed by atoms with E-state index in [0.29, 0.717) is 12.1 Å². The van der Waals surface area contributed by atoms with E-state index in [0.717, 1.165) is 13.1 Å². The van der Waals surface area contributed by atoms with Gasteiger partial charge in [-0.3, -0.25) is 0 Å². The van der Waals surface area contributed by atoms with E-state index in [2.05, 4.69) is 66.5 Å². The van der Waals surface area contributed by atoms with E-state index >= 15 is 0 Å². The van der Waals surface area contributed by atoms with Crippen LogP contribution >= 0.6 is 0 Å². The van der Waals surface area contributed by atoms with Crippen molar-refractivity contribution in [3.05, 3.63) is 42.5 Å². The molecule has 2 atom stereocenters. The van der Waals surface area contributed by atoms with Crippen LogP contribution in [-0.2, 0) is 0 Å². The summed E-state index contributed by atoms with van der Waals surface area (Å²) in [5, 5.41) is 6.32. The molecule has 0 radical (unpaired) electrons. The number of nitrogens with one attached hydrogen (secondary N) is 1. The number of nitrogens with zero attached hydrogens (tertiary/aromatic N) is 1. The van der Waals surface area contributed by atoms with Crippen molar-refractivity contribution in [3.8, 4) is 0 Å². The summed E-state index contributed by atoms with van der Waals surface area (Å²) >= 11 is 0. The van der Waals surface area contributed by atoms with Gasteiger partial charge in [-0.2, -0.15) is 0 Å². The van der Waals surface area contributed by atoms with Crippen molar-refractivity contribution < 1.29 is 0 Å². The molecule has 1 heterocycles. The average molecular weight is 268 g/mol. The summed E-state index contributed by atoms with van der Waals surface area (Å²) in [6.45, 7) is 6.86. The molecule has 3 rings (SSSR count). The van der Waals surface area contributed by atoms with Gasteiger partial charge in [-0.15, -0.1) is 0 Å². The lowest BCUT2D eigenvalue weighted by molar-refractivity contribution is 0.404. The monoisotopic (exact) mass is 268 g/mol. The molecule has 1 aliphatic rings. The molecule has 2 heteroatoms. The molecule has 1 fully saturated rings. The number of fused-ring (bicyclic) bond motifs is 1. The van der Waals surface area contributed by atoms with Crippen LogP contribution in [0, 0.1) is 0 Å². The molecule has 2 aromatic rings. The zero-order chi connectivity index (χ0) is 13.9. The van der Waals surface area contributed by atoms with E-state index in [1.165, 1.54) is 29.3 Å². The average Bonchev–Trinajstić information content (AvgIpc) is 2.45. The third-order valence-electron chi connectivity index (χ3n) is 4.33. The summed E-state index contributed by atoms with van der Waals surface area (Å²) in [6.07, 6.45) is 2.41. The van der Waals surface area contributed by atoms with Gasteiger partial charge in [0.2, 0.25) is 0 Å². The Morgan fingerprint density at radius 3 is 2.25 bits per heavy atom. The molecular weight excluding hydrogens is 244 g/mol. The van der Waals surface area contributed by atoms with Gasteiger partial charge in [-0.25, -0.2) is 0 Å². The Morgan fingerprint density at radius 2 is 1.55 bits per heavy atom. The van der Waals surface area contributed by atoms with Crippen LogP contribution in [0.25, 0.3) is 10.8 Å². The minimum absolute atomic E-state index is 0.605. The Labute approximate surface area is 121 Å². The number of hydrogen-bond donors (Lipinski definition) is 1. The van der Waals surface area contributed by atoms with Crippen molar-refractivity contribution in [1.29, 1.82) is 0 Å². The SMILES string of the molecule is CC1CCN(c2ccc3ccccc3c2)CCC(C)N1. The third-order valence-corrected chi connectivity index (χ3v) is 4.33. The summed E-state index contributed by atoms with van der Waals surface area (Å²) in [5.41, 5.74) is 1.37. The van der Waals surface area contributed by atoms with Crippen molar-refractivity contribution in [1.82, 2.24) is 5.32 Å². The van der Waals surface area contributed by atoms with Crippen molar-refractivity contribution >= 4 is 16.5 Å². The third kappa shape index (κ3) is 2.96. The molecule has 20 heavy (non-hydrogen) atoms. The largest absolute Gasteiger partial charge is 0.371 e. The summed E-state index contributed by atoms with van der Waals surface area (Å²) in [4.78, 5) is 2.54. The molecule has 1 saturated heterocycles. The molecule has 2 aromatic carbocycles. The lowest BCUT2D eigenvalue weighted by Gasteiger charge is -2.32. The summed E-state index contributed by atoms with van der Waals surface area (Å²) in [7, 11) is 0. The quantitative estimate of drug-likeness (QED) is 0.846. The predicted molar refractivity (Wildman–Crippen MR) is 87.5 cm³/mol. The molecule has 1 N–H and O–H groups in total. The highest BCUT2D eigenvalue weighted by atomic mass is 15.1. The second-order valence-corrected chi connectivity index (χ2v) is 6.06. The minimum atomic E-state index is 0.605.